The van der Waals surface area contributed by atoms with Crippen molar-refractivity contribution in [2.24, 2.45) is 0 Å². The van der Waals surface area contributed by atoms with E-state index in [1.54, 1.807) is 60.7 Å². The lowest BCUT2D eigenvalue weighted by atomic mass is 10.0. The first-order valence-electron chi connectivity index (χ1n) is 9.38. The summed E-state index contributed by atoms with van der Waals surface area (Å²) < 4.78 is 22.5. The number of benzene rings is 4. The molecule has 0 radical (unpaired) electrons. The Morgan fingerprint density at radius 1 is 0.467 bits per heavy atom. The van der Waals surface area contributed by atoms with Gasteiger partial charge in [0.05, 0.1) is 0 Å². The van der Waals surface area contributed by atoms with Crippen LogP contribution in [0.25, 0.3) is 11.1 Å². The average Bonchev–Trinajstić information content (AvgIpc) is 2.82. The Bertz CT molecular complexity index is 1170. The second-order valence-corrected chi connectivity index (χ2v) is 7.23. The SMILES string of the molecule is O=C(C(c1ccccc1)=S(=O)=O)c1ccccc1.c1ccc(-c2ccccc2)cc1. The summed E-state index contributed by atoms with van der Waals surface area (Å²) in [4.78, 5) is 12.0. The predicted molar refractivity (Wildman–Crippen MR) is 122 cm³/mol. The summed E-state index contributed by atoms with van der Waals surface area (Å²) in [7, 11) is -2.57. The maximum atomic E-state index is 12.2. The van der Waals surface area contributed by atoms with Gasteiger partial charge in [0.2, 0.25) is 16.1 Å². The van der Waals surface area contributed by atoms with Crippen LogP contribution in [0.1, 0.15) is 15.9 Å². The zero-order valence-corrected chi connectivity index (χ0v) is 17.0. The molecule has 4 aromatic carbocycles. The van der Waals surface area contributed by atoms with Crippen molar-refractivity contribution in [2.75, 3.05) is 0 Å². The number of Topliss-reactive ketones (excluding diaryl/α,β-unsaturated/α-hetero) is 1. The number of hydrogen-bond acceptors (Lipinski definition) is 3. The molecular weight excluding hydrogens is 392 g/mol. The monoisotopic (exact) mass is 412 g/mol. The van der Waals surface area contributed by atoms with E-state index in [-0.39, 0.29) is 4.86 Å². The molecule has 0 unspecified atom stereocenters. The molecular formula is C26H20O3S. The van der Waals surface area contributed by atoms with Crippen molar-refractivity contribution in [1.29, 1.82) is 0 Å². The summed E-state index contributed by atoms with van der Waals surface area (Å²) in [6, 6.07) is 37.5. The van der Waals surface area contributed by atoms with Gasteiger partial charge < -0.3 is 0 Å². The van der Waals surface area contributed by atoms with Gasteiger partial charge in [0.15, 0.2) is 0 Å². The minimum atomic E-state index is -2.57. The number of carbonyl (C=O) groups excluding carboxylic acids is 1. The smallest absolute Gasteiger partial charge is 0.226 e. The summed E-state index contributed by atoms with van der Waals surface area (Å²) in [5.41, 5.74) is 3.32. The van der Waals surface area contributed by atoms with Gasteiger partial charge in [-0.1, -0.05) is 121 Å². The molecule has 3 nitrogen and oxygen atoms in total. The third kappa shape index (κ3) is 5.63. The molecule has 148 valence electrons. The zero-order chi connectivity index (χ0) is 21.2. The number of rotatable bonds is 4. The second kappa shape index (κ2) is 10.7. The highest BCUT2D eigenvalue weighted by Crippen LogP contribution is 2.17. The van der Waals surface area contributed by atoms with E-state index in [9.17, 15) is 13.2 Å². The summed E-state index contributed by atoms with van der Waals surface area (Å²) >= 11 is 0. The Morgan fingerprint density at radius 3 is 1.17 bits per heavy atom. The molecule has 0 amide bonds. The highest BCUT2D eigenvalue weighted by molar-refractivity contribution is 7.75. The predicted octanol–water partition coefficient (Wildman–Crippen LogP) is 5.32. The van der Waals surface area contributed by atoms with Crippen molar-refractivity contribution in [3.8, 4) is 11.1 Å². The lowest BCUT2D eigenvalue weighted by Gasteiger charge is -2.02. The van der Waals surface area contributed by atoms with Crippen LogP contribution in [0.5, 0.6) is 0 Å². The van der Waals surface area contributed by atoms with Crippen LogP contribution in [-0.2, 0) is 10.3 Å². The maximum Gasteiger partial charge on any atom is 0.226 e. The fourth-order valence-electron chi connectivity index (χ4n) is 2.87. The third-order valence-corrected chi connectivity index (χ3v) is 5.08. The van der Waals surface area contributed by atoms with Crippen LogP contribution in [0.15, 0.2) is 121 Å². The number of ketones is 1. The van der Waals surface area contributed by atoms with Crippen molar-refractivity contribution in [2.45, 2.75) is 0 Å². The van der Waals surface area contributed by atoms with Gasteiger partial charge in [-0.3, -0.25) is 4.79 Å². The number of hydrogen-bond donors (Lipinski definition) is 0. The van der Waals surface area contributed by atoms with Gasteiger partial charge in [-0.25, -0.2) is 0 Å². The fraction of sp³-hybridized carbons (Fsp3) is 0. The first kappa shape index (κ1) is 21.0. The summed E-state index contributed by atoms with van der Waals surface area (Å²) in [6.07, 6.45) is 0. The van der Waals surface area contributed by atoms with Crippen LogP contribution in [0.2, 0.25) is 0 Å². The topological polar surface area (TPSA) is 51.2 Å². The molecule has 0 saturated heterocycles. The maximum absolute atomic E-state index is 12.2. The van der Waals surface area contributed by atoms with E-state index >= 15 is 0 Å². The molecule has 0 N–H and O–H groups in total. The minimum Gasteiger partial charge on any atom is -0.287 e. The molecule has 0 aromatic heterocycles. The van der Waals surface area contributed by atoms with Gasteiger partial charge in [0.25, 0.3) is 0 Å². The Morgan fingerprint density at radius 2 is 0.800 bits per heavy atom. The molecule has 4 aromatic rings. The summed E-state index contributed by atoms with van der Waals surface area (Å²) in [5, 5.41) is 0. The average molecular weight is 413 g/mol. The Balaban J connectivity index is 0.000000184. The Labute approximate surface area is 177 Å². The Hall–Kier alpha value is -3.76. The quantitative estimate of drug-likeness (QED) is 0.337. The van der Waals surface area contributed by atoms with E-state index in [0.717, 1.165) is 0 Å². The van der Waals surface area contributed by atoms with Crippen LogP contribution >= 0.6 is 0 Å². The largest absolute Gasteiger partial charge is 0.287 e. The van der Waals surface area contributed by atoms with Gasteiger partial charge in [0, 0.05) is 11.1 Å². The van der Waals surface area contributed by atoms with Gasteiger partial charge in [-0.2, -0.15) is 8.42 Å². The van der Waals surface area contributed by atoms with Crippen molar-refractivity contribution in [3.05, 3.63) is 132 Å². The van der Waals surface area contributed by atoms with E-state index in [1.807, 2.05) is 12.1 Å². The molecule has 0 aliphatic carbocycles. The van der Waals surface area contributed by atoms with Crippen molar-refractivity contribution in [3.63, 3.8) is 0 Å². The minimum absolute atomic E-state index is 0.207. The van der Waals surface area contributed by atoms with Gasteiger partial charge in [0.1, 0.15) is 4.86 Å². The van der Waals surface area contributed by atoms with Crippen molar-refractivity contribution >= 4 is 20.9 Å². The second-order valence-electron chi connectivity index (χ2n) is 6.36. The van der Waals surface area contributed by atoms with Crippen LogP contribution in [0.4, 0.5) is 0 Å². The van der Waals surface area contributed by atoms with Crippen LogP contribution < -0.4 is 0 Å². The molecule has 0 atom stereocenters. The van der Waals surface area contributed by atoms with Crippen molar-refractivity contribution < 1.29 is 13.2 Å². The van der Waals surface area contributed by atoms with Crippen LogP contribution in [0.3, 0.4) is 0 Å². The lowest BCUT2D eigenvalue weighted by Crippen LogP contribution is -2.16. The third-order valence-electron chi connectivity index (χ3n) is 4.33. The van der Waals surface area contributed by atoms with Gasteiger partial charge in [-0.15, -0.1) is 0 Å². The first-order chi connectivity index (χ1) is 14.7. The molecule has 0 bridgehead atoms. The Kier molecular flexibility index (Phi) is 7.47. The normalized spacial score (nSPS) is 9.73. The van der Waals surface area contributed by atoms with E-state index in [4.69, 9.17) is 0 Å². The fourth-order valence-corrected chi connectivity index (χ4v) is 3.47. The van der Waals surface area contributed by atoms with E-state index in [2.05, 4.69) is 48.5 Å². The summed E-state index contributed by atoms with van der Waals surface area (Å²) in [5.74, 6) is -0.491. The van der Waals surface area contributed by atoms with Crippen LogP contribution in [0, 0.1) is 0 Å². The molecule has 0 fully saturated rings. The van der Waals surface area contributed by atoms with E-state index in [1.165, 1.54) is 11.1 Å². The molecule has 0 aliphatic heterocycles. The highest BCUT2D eigenvalue weighted by Gasteiger charge is 2.17. The highest BCUT2D eigenvalue weighted by atomic mass is 32.2. The molecule has 4 rings (SSSR count). The van der Waals surface area contributed by atoms with E-state index < -0.39 is 16.1 Å². The molecule has 0 aliphatic rings. The molecule has 0 saturated carbocycles. The number of carbonyl (C=O) groups is 1. The first-order valence-corrected chi connectivity index (χ1v) is 10.5. The standard InChI is InChI=1S/C14H10O3S.C12H10/c15-13(11-7-3-1-4-8-11)14(18(16)17)12-9-5-2-6-10-12;1-3-7-11(8-4-1)12-9-5-2-6-10-12/h1-10H;1-10H. The molecule has 4 heteroatoms. The lowest BCUT2D eigenvalue weighted by molar-refractivity contribution is 0.106. The molecule has 30 heavy (non-hydrogen) atoms. The van der Waals surface area contributed by atoms with E-state index in [0.29, 0.717) is 11.1 Å². The summed E-state index contributed by atoms with van der Waals surface area (Å²) in [6.45, 7) is 0. The molecule has 0 heterocycles. The van der Waals surface area contributed by atoms with Gasteiger partial charge in [-0.05, 0) is 11.1 Å². The molecule has 0 spiro atoms. The van der Waals surface area contributed by atoms with Crippen LogP contribution in [-0.4, -0.2) is 19.1 Å². The zero-order valence-electron chi connectivity index (χ0n) is 16.2. The van der Waals surface area contributed by atoms with Gasteiger partial charge >= 0.3 is 0 Å². The van der Waals surface area contributed by atoms with Crippen molar-refractivity contribution in [1.82, 2.24) is 0 Å².